The largest absolute Gasteiger partial charge is 0.469 e. The van der Waals surface area contributed by atoms with Gasteiger partial charge in [0.05, 0.1) is 26.2 Å². The van der Waals surface area contributed by atoms with Gasteiger partial charge in [0.25, 0.3) is 0 Å². The Hall–Kier alpha value is -2.07. The van der Waals surface area contributed by atoms with E-state index in [1.807, 2.05) is 6.07 Å². The standard InChI is InChI=1S/C10H10N2O4S/c1-15-7(13)3-5-6(4-11)9(12)17-8(5)10(14)16-2/h3,12H2,1-2H3. The fraction of sp³-hybridized carbons (Fsp3) is 0.300. The van der Waals surface area contributed by atoms with E-state index in [1.54, 1.807) is 0 Å². The van der Waals surface area contributed by atoms with E-state index in [0.29, 0.717) is 0 Å². The summed E-state index contributed by atoms with van der Waals surface area (Å²) in [5, 5.41) is 9.11. The summed E-state index contributed by atoms with van der Waals surface area (Å²) in [5.74, 6) is -1.17. The monoisotopic (exact) mass is 254 g/mol. The van der Waals surface area contributed by atoms with Crippen molar-refractivity contribution >= 4 is 28.3 Å². The molecule has 17 heavy (non-hydrogen) atoms. The molecule has 0 aliphatic carbocycles. The van der Waals surface area contributed by atoms with Crippen LogP contribution in [0.25, 0.3) is 0 Å². The second-order valence-electron chi connectivity index (χ2n) is 3.01. The molecular formula is C10H10N2O4S. The van der Waals surface area contributed by atoms with Crippen LogP contribution in [0.3, 0.4) is 0 Å². The van der Waals surface area contributed by atoms with Crippen molar-refractivity contribution in [3.8, 4) is 6.07 Å². The summed E-state index contributed by atoms with van der Waals surface area (Å²) < 4.78 is 9.05. The van der Waals surface area contributed by atoms with Crippen molar-refractivity contribution in [1.29, 1.82) is 5.26 Å². The summed E-state index contributed by atoms with van der Waals surface area (Å²) in [6.45, 7) is 0. The van der Waals surface area contributed by atoms with E-state index < -0.39 is 11.9 Å². The predicted molar refractivity (Wildman–Crippen MR) is 60.5 cm³/mol. The molecule has 7 heteroatoms. The van der Waals surface area contributed by atoms with Crippen LogP contribution in [0.2, 0.25) is 0 Å². The number of rotatable bonds is 3. The maximum absolute atomic E-state index is 11.5. The topological polar surface area (TPSA) is 102 Å². The lowest BCUT2D eigenvalue weighted by Crippen LogP contribution is -2.10. The van der Waals surface area contributed by atoms with Gasteiger partial charge in [-0.25, -0.2) is 4.79 Å². The number of nitrogens with two attached hydrogens (primary N) is 1. The average Bonchev–Trinajstić information content (AvgIpc) is 2.64. The van der Waals surface area contributed by atoms with Crippen LogP contribution in [0.4, 0.5) is 5.00 Å². The second-order valence-corrected chi connectivity index (χ2v) is 4.06. The van der Waals surface area contributed by atoms with E-state index in [-0.39, 0.29) is 27.4 Å². The zero-order chi connectivity index (χ0) is 13.0. The lowest BCUT2D eigenvalue weighted by molar-refractivity contribution is -0.139. The van der Waals surface area contributed by atoms with Gasteiger partial charge in [0.15, 0.2) is 0 Å². The third-order valence-corrected chi connectivity index (χ3v) is 3.11. The molecule has 0 saturated carbocycles. The smallest absolute Gasteiger partial charge is 0.348 e. The normalized spacial score (nSPS) is 9.47. The number of carbonyl (C=O) groups excluding carboxylic acids is 2. The van der Waals surface area contributed by atoms with Gasteiger partial charge in [-0.3, -0.25) is 4.79 Å². The first-order valence-corrected chi connectivity index (χ1v) is 5.33. The fourth-order valence-corrected chi connectivity index (χ4v) is 2.21. The van der Waals surface area contributed by atoms with E-state index in [2.05, 4.69) is 9.47 Å². The van der Waals surface area contributed by atoms with Gasteiger partial charge < -0.3 is 15.2 Å². The maximum atomic E-state index is 11.5. The molecule has 0 amide bonds. The molecule has 0 aromatic carbocycles. The third-order valence-electron chi connectivity index (χ3n) is 2.07. The van der Waals surface area contributed by atoms with Gasteiger partial charge in [0, 0.05) is 5.56 Å². The van der Waals surface area contributed by atoms with Gasteiger partial charge in [-0.1, -0.05) is 0 Å². The van der Waals surface area contributed by atoms with Crippen molar-refractivity contribution in [3.63, 3.8) is 0 Å². The highest BCUT2D eigenvalue weighted by molar-refractivity contribution is 7.18. The lowest BCUT2D eigenvalue weighted by Gasteiger charge is -2.01. The molecule has 0 bridgehead atoms. The van der Waals surface area contributed by atoms with Crippen molar-refractivity contribution in [2.45, 2.75) is 6.42 Å². The van der Waals surface area contributed by atoms with Crippen LogP contribution in [0.15, 0.2) is 0 Å². The van der Waals surface area contributed by atoms with Crippen LogP contribution in [0, 0.1) is 11.3 Å². The number of methoxy groups -OCH3 is 2. The first-order chi connectivity index (χ1) is 8.04. The van der Waals surface area contributed by atoms with Crippen molar-refractivity contribution in [2.24, 2.45) is 0 Å². The molecule has 90 valence electrons. The third kappa shape index (κ3) is 2.54. The Morgan fingerprint density at radius 2 is 2.06 bits per heavy atom. The molecule has 2 N–H and O–H groups in total. The number of thiophene rings is 1. The van der Waals surface area contributed by atoms with Gasteiger partial charge in [0.2, 0.25) is 0 Å². The van der Waals surface area contributed by atoms with Crippen LogP contribution >= 0.6 is 11.3 Å². The molecular weight excluding hydrogens is 244 g/mol. The molecule has 0 aliphatic heterocycles. The minimum Gasteiger partial charge on any atom is -0.469 e. The number of anilines is 1. The molecule has 0 radical (unpaired) electrons. The summed E-state index contributed by atoms with van der Waals surface area (Å²) in [6, 6.07) is 1.86. The van der Waals surface area contributed by atoms with Crippen LogP contribution in [0.1, 0.15) is 20.8 Å². The van der Waals surface area contributed by atoms with Crippen LogP contribution in [0.5, 0.6) is 0 Å². The molecule has 0 atom stereocenters. The number of hydrogen-bond acceptors (Lipinski definition) is 7. The van der Waals surface area contributed by atoms with Gasteiger partial charge in [-0.2, -0.15) is 5.26 Å². The first-order valence-electron chi connectivity index (χ1n) is 4.51. The quantitative estimate of drug-likeness (QED) is 0.796. The SMILES string of the molecule is COC(=O)Cc1c(C(=O)OC)sc(N)c1C#N. The Kier molecular flexibility index (Phi) is 4.06. The lowest BCUT2D eigenvalue weighted by atomic mass is 10.1. The molecule has 0 aliphatic rings. The van der Waals surface area contributed by atoms with Crippen molar-refractivity contribution < 1.29 is 19.1 Å². The van der Waals surface area contributed by atoms with Gasteiger partial charge in [-0.15, -0.1) is 11.3 Å². The molecule has 1 aromatic rings. The van der Waals surface area contributed by atoms with Crippen molar-refractivity contribution in [2.75, 3.05) is 20.0 Å². The number of nitrogen functional groups attached to an aromatic ring is 1. The number of esters is 2. The van der Waals surface area contributed by atoms with Gasteiger partial charge in [-0.05, 0) is 0 Å². The Bertz CT molecular complexity index is 501. The van der Waals surface area contributed by atoms with Crippen molar-refractivity contribution in [3.05, 3.63) is 16.0 Å². The number of carbonyl (C=O) groups is 2. The van der Waals surface area contributed by atoms with E-state index in [9.17, 15) is 9.59 Å². The summed E-state index contributed by atoms with van der Waals surface area (Å²) in [5.41, 5.74) is 5.98. The molecule has 0 spiro atoms. The highest BCUT2D eigenvalue weighted by Gasteiger charge is 2.24. The van der Waals surface area contributed by atoms with E-state index in [4.69, 9.17) is 11.0 Å². The number of nitriles is 1. The Morgan fingerprint density at radius 3 is 2.53 bits per heavy atom. The van der Waals surface area contributed by atoms with Crippen molar-refractivity contribution in [1.82, 2.24) is 0 Å². The highest BCUT2D eigenvalue weighted by atomic mass is 32.1. The Morgan fingerprint density at radius 1 is 1.41 bits per heavy atom. The minimum atomic E-state index is -0.623. The molecule has 1 rings (SSSR count). The van der Waals surface area contributed by atoms with Crippen LogP contribution < -0.4 is 5.73 Å². The Labute approximate surface area is 102 Å². The van der Waals surface area contributed by atoms with Crippen LogP contribution in [-0.2, 0) is 20.7 Å². The summed E-state index contributed by atoms with van der Waals surface area (Å²) in [7, 11) is 2.44. The Balaban J connectivity index is 3.27. The molecule has 6 nitrogen and oxygen atoms in total. The summed E-state index contributed by atoms with van der Waals surface area (Å²) >= 11 is 0.924. The summed E-state index contributed by atoms with van der Waals surface area (Å²) in [6.07, 6.45) is -0.183. The average molecular weight is 254 g/mol. The second kappa shape index (κ2) is 5.32. The molecule has 1 aromatic heterocycles. The predicted octanol–water partition coefficient (Wildman–Crippen LogP) is 0.704. The zero-order valence-electron chi connectivity index (χ0n) is 9.27. The zero-order valence-corrected chi connectivity index (χ0v) is 10.1. The fourth-order valence-electron chi connectivity index (χ4n) is 1.25. The van der Waals surface area contributed by atoms with E-state index in [0.717, 1.165) is 11.3 Å². The number of nitrogens with zero attached hydrogens (tertiary/aromatic N) is 1. The molecule has 0 fully saturated rings. The molecule has 1 heterocycles. The van der Waals surface area contributed by atoms with Gasteiger partial charge in [0.1, 0.15) is 15.9 Å². The van der Waals surface area contributed by atoms with Gasteiger partial charge >= 0.3 is 11.9 Å². The maximum Gasteiger partial charge on any atom is 0.348 e. The minimum absolute atomic E-state index is 0.126. The number of ether oxygens (including phenoxy) is 2. The van der Waals surface area contributed by atoms with E-state index >= 15 is 0 Å². The first kappa shape index (κ1) is 13.0. The highest BCUT2D eigenvalue weighted by Crippen LogP contribution is 2.31. The molecule has 0 unspecified atom stereocenters. The van der Waals surface area contributed by atoms with Crippen LogP contribution in [-0.4, -0.2) is 26.2 Å². The van der Waals surface area contributed by atoms with E-state index in [1.165, 1.54) is 14.2 Å². The molecule has 0 saturated heterocycles. The number of hydrogen-bond donors (Lipinski definition) is 1. The summed E-state index contributed by atoms with van der Waals surface area (Å²) in [4.78, 5) is 22.8.